The van der Waals surface area contributed by atoms with Crippen LogP contribution in [0.3, 0.4) is 0 Å². The number of aromatic nitrogens is 1. The summed E-state index contributed by atoms with van der Waals surface area (Å²) >= 11 is 7.26. The molecule has 1 aromatic heterocycles. The summed E-state index contributed by atoms with van der Waals surface area (Å²) in [5.74, 6) is -1.04. The number of hydrogen-bond donors (Lipinski definition) is 2. The fourth-order valence-electron chi connectivity index (χ4n) is 3.61. The number of carboxylic acid groups (broad SMARTS) is 1. The normalized spacial score (nSPS) is 17.0. The van der Waals surface area contributed by atoms with Crippen LogP contribution in [0, 0.1) is 6.92 Å². The third-order valence-corrected chi connectivity index (χ3v) is 6.56. The number of halogens is 1. The Bertz CT molecular complexity index is 843. The van der Waals surface area contributed by atoms with Crippen LogP contribution in [0.25, 0.3) is 0 Å². The Morgan fingerprint density at radius 3 is 2.62 bits per heavy atom. The Hall–Kier alpha value is -1.92. The zero-order valence-corrected chi connectivity index (χ0v) is 16.3. The van der Waals surface area contributed by atoms with Crippen molar-refractivity contribution in [3.05, 3.63) is 50.4 Å². The smallest absolute Gasteiger partial charge is 0.347 e. The van der Waals surface area contributed by atoms with E-state index in [-0.39, 0.29) is 16.8 Å². The molecule has 1 heterocycles. The van der Waals surface area contributed by atoms with Crippen LogP contribution in [-0.4, -0.2) is 22.0 Å². The van der Waals surface area contributed by atoms with Gasteiger partial charge in [-0.2, -0.15) is 0 Å². The van der Waals surface area contributed by atoms with E-state index in [1.54, 1.807) is 13.0 Å². The molecule has 138 valence electrons. The van der Waals surface area contributed by atoms with Crippen LogP contribution in [0.15, 0.2) is 24.3 Å². The van der Waals surface area contributed by atoms with Crippen LogP contribution in [0.1, 0.15) is 64.6 Å². The molecule has 7 heteroatoms. The van der Waals surface area contributed by atoms with Crippen LogP contribution in [-0.2, 0) is 10.2 Å². The summed E-state index contributed by atoms with van der Waals surface area (Å²) in [6.07, 6.45) is 3.55. The maximum atomic E-state index is 13.2. The van der Waals surface area contributed by atoms with E-state index in [4.69, 9.17) is 11.6 Å². The van der Waals surface area contributed by atoms with Crippen molar-refractivity contribution in [2.45, 2.75) is 51.0 Å². The Morgan fingerprint density at radius 1 is 1.35 bits per heavy atom. The molecule has 2 aromatic rings. The number of thiazole rings is 1. The number of nitrogens with one attached hydrogen (secondary N) is 1. The average Bonchev–Trinajstić information content (AvgIpc) is 3.22. The van der Waals surface area contributed by atoms with Gasteiger partial charge in [-0.1, -0.05) is 36.6 Å². The number of benzene rings is 1. The number of aromatic carboxylic acids is 1. The van der Waals surface area contributed by atoms with Crippen molar-refractivity contribution in [1.29, 1.82) is 0 Å². The predicted molar refractivity (Wildman–Crippen MR) is 102 cm³/mol. The van der Waals surface area contributed by atoms with Crippen LogP contribution < -0.4 is 5.32 Å². The van der Waals surface area contributed by atoms with Crippen molar-refractivity contribution < 1.29 is 14.7 Å². The third-order valence-electron chi connectivity index (χ3n) is 4.99. The van der Waals surface area contributed by atoms with Crippen LogP contribution >= 0.6 is 22.9 Å². The minimum atomic E-state index is -0.990. The van der Waals surface area contributed by atoms with E-state index in [1.165, 1.54) is 0 Å². The first-order chi connectivity index (χ1) is 12.3. The van der Waals surface area contributed by atoms with Gasteiger partial charge < -0.3 is 10.4 Å². The summed E-state index contributed by atoms with van der Waals surface area (Å²) in [5.41, 5.74) is 0.832. The van der Waals surface area contributed by atoms with E-state index >= 15 is 0 Å². The fourth-order valence-corrected chi connectivity index (χ4v) is 4.71. The molecular formula is C19H21ClN2O3S. The second-order valence-corrected chi connectivity index (χ2v) is 8.23. The molecule has 1 aliphatic rings. The molecule has 26 heavy (non-hydrogen) atoms. The van der Waals surface area contributed by atoms with Gasteiger partial charge in [0.05, 0.1) is 17.2 Å². The van der Waals surface area contributed by atoms with Gasteiger partial charge in [0.1, 0.15) is 9.88 Å². The lowest BCUT2D eigenvalue weighted by Crippen LogP contribution is -2.43. The van der Waals surface area contributed by atoms with E-state index in [1.807, 2.05) is 25.1 Å². The van der Waals surface area contributed by atoms with Crippen molar-refractivity contribution in [3.63, 3.8) is 0 Å². The summed E-state index contributed by atoms with van der Waals surface area (Å²) in [4.78, 5) is 29.0. The Labute approximate surface area is 161 Å². The molecule has 1 amide bonds. The number of carbonyl (C=O) groups excluding carboxylic acids is 1. The van der Waals surface area contributed by atoms with Gasteiger partial charge in [-0.3, -0.25) is 4.79 Å². The molecule has 1 unspecified atom stereocenters. The molecule has 1 fully saturated rings. The summed E-state index contributed by atoms with van der Waals surface area (Å²) in [6.45, 7) is 3.50. The number of hydrogen-bond acceptors (Lipinski definition) is 4. The van der Waals surface area contributed by atoms with Gasteiger partial charge in [-0.05, 0) is 44.4 Å². The van der Waals surface area contributed by atoms with Gasteiger partial charge in [0, 0.05) is 5.02 Å². The van der Waals surface area contributed by atoms with Gasteiger partial charge in [0.25, 0.3) is 0 Å². The van der Waals surface area contributed by atoms with Crippen molar-refractivity contribution >= 4 is 34.8 Å². The Balaban J connectivity index is 1.85. The zero-order chi connectivity index (χ0) is 18.9. The molecule has 0 saturated heterocycles. The molecule has 0 aliphatic heterocycles. The highest BCUT2D eigenvalue weighted by Gasteiger charge is 2.43. The first-order valence-corrected chi connectivity index (χ1v) is 9.80. The first kappa shape index (κ1) is 18.9. The topological polar surface area (TPSA) is 79.3 Å². The summed E-state index contributed by atoms with van der Waals surface area (Å²) in [5, 5.41) is 13.5. The van der Waals surface area contributed by atoms with Gasteiger partial charge >= 0.3 is 5.97 Å². The number of carboxylic acids is 1. The van der Waals surface area contributed by atoms with Crippen LogP contribution in [0.4, 0.5) is 0 Å². The first-order valence-electron chi connectivity index (χ1n) is 8.61. The van der Waals surface area contributed by atoms with Gasteiger partial charge in [-0.25, -0.2) is 9.78 Å². The monoisotopic (exact) mass is 392 g/mol. The van der Waals surface area contributed by atoms with Gasteiger partial charge in [0.15, 0.2) is 0 Å². The van der Waals surface area contributed by atoms with E-state index in [2.05, 4.69) is 10.3 Å². The molecule has 1 aromatic carbocycles. The van der Waals surface area contributed by atoms with Crippen molar-refractivity contribution in [1.82, 2.24) is 10.3 Å². The molecule has 0 bridgehead atoms. The second kappa shape index (κ2) is 7.37. The van der Waals surface area contributed by atoms with Gasteiger partial charge in [0.2, 0.25) is 5.91 Å². The van der Waals surface area contributed by atoms with Crippen molar-refractivity contribution in [2.75, 3.05) is 0 Å². The molecule has 1 saturated carbocycles. The van der Waals surface area contributed by atoms with E-state index < -0.39 is 11.4 Å². The lowest BCUT2D eigenvalue weighted by atomic mass is 9.78. The third kappa shape index (κ3) is 3.48. The SMILES string of the molecule is Cc1nc(C(C)NC(=O)C2(c3cccc(Cl)c3)CCCC2)sc1C(=O)O. The Kier molecular flexibility index (Phi) is 5.34. The standard InChI is InChI=1S/C19H21ClN2O3S/c1-11-15(17(23)24)26-16(21-11)12(2)22-18(25)19(8-3-4-9-19)13-6-5-7-14(20)10-13/h5-7,10,12H,3-4,8-9H2,1-2H3,(H,22,25)(H,23,24). The summed E-state index contributed by atoms with van der Waals surface area (Å²) < 4.78 is 0. The molecule has 0 spiro atoms. The molecular weight excluding hydrogens is 372 g/mol. The van der Waals surface area contributed by atoms with E-state index in [9.17, 15) is 14.7 Å². The highest BCUT2D eigenvalue weighted by atomic mass is 35.5. The minimum absolute atomic E-state index is 0.0468. The highest BCUT2D eigenvalue weighted by Crippen LogP contribution is 2.42. The summed E-state index contributed by atoms with van der Waals surface area (Å²) in [6, 6.07) is 7.15. The van der Waals surface area contributed by atoms with Crippen molar-refractivity contribution in [3.8, 4) is 0 Å². The minimum Gasteiger partial charge on any atom is -0.477 e. The number of carbonyl (C=O) groups is 2. The van der Waals surface area contributed by atoms with Gasteiger partial charge in [-0.15, -0.1) is 11.3 Å². The maximum Gasteiger partial charge on any atom is 0.347 e. The predicted octanol–water partition coefficient (Wildman–Crippen LogP) is 4.49. The molecule has 3 rings (SSSR count). The number of rotatable bonds is 5. The maximum absolute atomic E-state index is 13.2. The molecule has 5 nitrogen and oxygen atoms in total. The fraction of sp³-hybridized carbons (Fsp3) is 0.421. The largest absolute Gasteiger partial charge is 0.477 e. The lowest BCUT2D eigenvalue weighted by Gasteiger charge is -2.30. The van der Waals surface area contributed by atoms with Crippen molar-refractivity contribution in [2.24, 2.45) is 0 Å². The highest BCUT2D eigenvalue weighted by molar-refractivity contribution is 7.13. The Morgan fingerprint density at radius 2 is 2.04 bits per heavy atom. The zero-order valence-electron chi connectivity index (χ0n) is 14.7. The van der Waals surface area contributed by atoms with E-state index in [0.717, 1.165) is 42.6 Å². The number of aryl methyl sites for hydroxylation is 1. The van der Waals surface area contributed by atoms with Crippen LogP contribution in [0.5, 0.6) is 0 Å². The second-order valence-electron chi connectivity index (χ2n) is 6.77. The molecule has 0 radical (unpaired) electrons. The summed E-state index contributed by atoms with van der Waals surface area (Å²) in [7, 11) is 0. The molecule has 1 aliphatic carbocycles. The molecule has 2 N–H and O–H groups in total. The van der Waals surface area contributed by atoms with Crippen LogP contribution in [0.2, 0.25) is 5.02 Å². The number of nitrogens with zero attached hydrogens (tertiary/aromatic N) is 1. The number of amides is 1. The van der Waals surface area contributed by atoms with E-state index in [0.29, 0.717) is 15.7 Å². The molecule has 1 atom stereocenters. The quantitative estimate of drug-likeness (QED) is 0.785. The lowest BCUT2D eigenvalue weighted by molar-refractivity contribution is -0.127. The average molecular weight is 393 g/mol.